The molecule has 2 aromatic carbocycles. The van der Waals surface area contributed by atoms with Gasteiger partial charge in [0.25, 0.3) is 0 Å². The molecule has 1 saturated heterocycles. The Bertz CT molecular complexity index is 1800. The fourth-order valence-electron chi connectivity index (χ4n) is 6.61. The van der Waals surface area contributed by atoms with E-state index in [0.717, 1.165) is 77.5 Å². The minimum atomic E-state index is 0.330. The van der Waals surface area contributed by atoms with Gasteiger partial charge in [0.05, 0.1) is 11.2 Å². The Balaban J connectivity index is 1.11. The van der Waals surface area contributed by atoms with Crippen molar-refractivity contribution in [3.8, 4) is 5.69 Å². The normalized spacial score (nSPS) is 17.8. The highest BCUT2D eigenvalue weighted by Crippen LogP contribution is 2.43. The van der Waals surface area contributed by atoms with Crippen LogP contribution in [0.5, 0.6) is 0 Å². The number of nitrogens with one attached hydrogen (secondary N) is 1. The fourth-order valence-corrected chi connectivity index (χ4v) is 6.73. The number of anilines is 1. The van der Waals surface area contributed by atoms with Gasteiger partial charge in [-0.1, -0.05) is 61.9 Å². The largest absolute Gasteiger partial charge is 0.369 e. The lowest BCUT2D eigenvalue weighted by atomic mass is 9.72. The number of benzene rings is 2. The zero-order chi connectivity index (χ0) is 28.8. The van der Waals surface area contributed by atoms with Crippen LogP contribution in [0.3, 0.4) is 0 Å². The van der Waals surface area contributed by atoms with Crippen LogP contribution in [0.4, 0.5) is 5.69 Å². The number of nitrogens with zero attached hydrogens (tertiary/aromatic N) is 5. The first-order valence-electron chi connectivity index (χ1n) is 14.9. The molecule has 7 rings (SSSR count). The molecule has 0 amide bonds. The molecule has 5 aromatic rings. The van der Waals surface area contributed by atoms with Gasteiger partial charge in [0.1, 0.15) is 5.52 Å². The van der Waals surface area contributed by atoms with Crippen LogP contribution in [0.25, 0.3) is 39.4 Å². The zero-order valence-electron chi connectivity index (χ0n) is 24.4. The molecule has 0 radical (unpaired) electrons. The average molecular weight is 577 g/mol. The van der Waals surface area contributed by atoms with Crippen molar-refractivity contribution in [2.24, 2.45) is 5.41 Å². The van der Waals surface area contributed by atoms with Crippen LogP contribution in [0.15, 0.2) is 79.1 Å². The smallest absolute Gasteiger partial charge is 0.160 e. The van der Waals surface area contributed by atoms with Gasteiger partial charge in [-0.3, -0.25) is 14.7 Å². The summed E-state index contributed by atoms with van der Waals surface area (Å²) in [4.78, 5) is 14.2. The molecular weight excluding hydrogens is 540 g/mol. The molecule has 4 heterocycles. The number of halogens is 1. The third-order valence-corrected chi connectivity index (χ3v) is 9.32. The zero-order valence-corrected chi connectivity index (χ0v) is 25.2. The van der Waals surface area contributed by atoms with Crippen molar-refractivity contribution in [2.45, 2.75) is 33.1 Å². The topological polar surface area (TPSA) is 53.0 Å². The van der Waals surface area contributed by atoms with Gasteiger partial charge in [-0.05, 0) is 77.8 Å². The Kier molecular flexibility index (Phi) is 6.91. The van der Waals surface area contributed by atoms with Crippen LogP contribution < -0.4 is 4.90 Å². The quantitative estimate of drug-likeness (QED) is 0.223. The van der Waals surface area contributed by atoms with Gasteiger partial charge in [0.2, 0.25) is 0 Å². The van der Waals surface area contributed by atoms with Gasteiger partial charge in [-0.15, -0.1) is 0 Å². The van der Waals surface area contributed by atoms with E-state index in [4.69, 9.17) is 16.6 Å². The maximum atomic E-state index is 6.22. The molecule has 0 spiro atoms. The number of H-pyrrole nitrogens is 1. The summed E-state index contributed by atoms with van der Waals surface area (Å²) in [5.74, 6) is 0. The predicted molar refractivity (Wildman–Crippen MR) is 175 cm³/mol. The summed E-state index contributed by atoms with van der Waals surface area (Å²) in [6.07, 6.45) is 9.21. The fraction of sp³-hybridized carbons (Fsp3) is 0.314. The number of pyridine rings is 1. The Labute approximate surface area is 252 Å². The van der Waals surface area contributed by atoms with Crippen LogP contribution in [0.2, 0.25) is 5.02 Å². The van der Waals surface area contributed by atoms with Crippen molar-refractivity contribution in [3.63, 3.8) is 0 Å². The summed E-state index contributed by atoms with van der Waals surface area (Å²) in [6, 6.07) is 19.3. The number of rotatable bonds is 6. The van der Waals surface area contributed by atoms with Crippen molar-refractivity contribution in [1.82, 2.24) is 24.6 Å². The van der Waals surface area contributed by atoms with E-state index in [1.807, 2.05) is 36.7 Å². The van der Waals surface area contributed by atoms with Crippen LogP contribution in [0, 0.1) is 5.41 Å². The molecule has 1 N–H and O–H groups in total. The van der Waals surface area contributed by atoms with E-state index < -0.39 is 0 Å². The monoisotopic (exact) mass is 576 g/mol. The third-order valence-electron chi connectivity index (χ3n) is 9.07. The first-order chi connectivity index (χ1) is 20.4. The first kappa shape index (κ1) is 27.0. The molecule has 1 aliphatic heterocycles. The highest BCUT2D eigenvalue weighted by Gasteiger charge is 2.29. The van der Waals surface area contributed by atoms with Gasteiger partial charge in [-0.25, -0.2) is 9.97 Å². The summed E-state index contributed by atoms with van der Waals surface area (Å²) < 4.78 is 2.11. The van der Waals surface area contributed by atoms with E-state index in [1.54, 1.807) is 5.57 Å². The number of hydrogen-bond acceptors (Lipinski definition) is 4. The standard InChI is InChI=1S/C35H37ClN6/c1-4-24-7-10-29(20-32(24)42-33-19-26-12-14-37-34(26)39-31(33)22-38-42)41-17-15-40(16-18-41)23-27-11-13-35(2,3)21-30(27)25-5-8-28(36)9-6-25/h4-10,12,14,19-20,22,38H,1,11,13,15-18,21,23H2,2-3H3. The molecule has 3 aromatic heterocycles. The lowest BCUT2D eigenvalue weighted by Gasteiger charge is -2.39. The molecule has 0 atom stereocenters. The van der Waals surface area contributed by atoms with Gasteiger partial charge in [-0.2, -0.15) is 0 Å². The molecule has 42 heavy (non-hydrogen) atoms. The number of hydrogen-bond donors (Lipinski definition) is 1. The summed E-state index contributed by atoms with van der Waals surface area (Å²) in [7, 11) is 0. The second-order valence-electron chi connectivity index (χ2n) is 12.5. The summed E-state index contributed by atoms with van der Waals surface area (Å²) in [5, 5.41) is 5.26. The Morgan fingerprint density at radius 1 is 1.02 bits per heavy atom. The number of aromatic nitrogens is 4. The van der Waals surface area contributed by atoms with Crippen molar-refractivity contribution in [3.05, 3.63) is 95.3 Å². The van der Waals surface area contributed by atoms with Gasteiger partial charge < -0.3 is 4.90 Å². The molecule has 7 heteroatoms. The minimum Gasteiger partial charge on any atom is -0.369 e. The highest BCUT2D eigenvalue weighted by atomic mass is 35.5. The second kappa shape index (κ2) is 10.8. The summed E-state index contributed by atoms with van der Waals surface area (Å²) >= 11 is 6.22. The van der Waals surface area contributed by atoms with Crippen LogP contribution >= 0.6 is 11.6 Å². The Hall–Kier alpha value is -3.87. The highest BCUT2D eigenvalue weighted by molar-refractivity contribution is 6.30. The molecular formula is C35H37ClN6. The van der Waals surface area contributed by atoms with Crippen LogP contribution in [-0.4, -0.2) is 57.4 Å². The molecule has 1 aliphatic carbocycles. The summed E-state index contributed by atoms with van der Waals surface area (Å²) in [6.45, 7) is 14.0. The molecule has 214 valence electrons. The third kappa shape index (κ3) is 5.14. The lowest BCUT2D eigenvalue weighted by Crippen LogP contribution is -2.47. The maximum absolute atomic E-state index is 6.22. The van der Waals surface area contributed by atoms with Crippen molar-refractivity contribution < 1.29 is 0 Å². The lowest BCUT2D eigenvalue weighted by molar-refractivity contribution is 0.264. The molecule has 0 saturated carbocycles. The number of aromatic amines is 1. The second-order valence-corrected chi connectivity index (χ2v) is 12.9. The van der Waals surface area contributed by atoms with Crippen molar-refractivity contribution in [2.75, 3.05) is 37.6 Å². The van der Waals surface area contributed by atoms with E-state index >= 15 is 0 Å². The van der Waals surface area contributed by atoms with E-state index in [1.165, 1.54) is 29.7 Å². The average Bonchev–Trinajstić information content (AvgIpc) is 3.63. The molecule has 0 unspecified atom stereocenters. The van der Waals surface area contributed by atoms with Crippen LogP contribution in [0.1, 0.15) is 44.2 Å². The SMILES string of the molecule is C=Cc1ccc(N2CCN(CC3=C(c4ccc(Cl)cc4)CC(C)(C)CC3)CC2)cc1-n1[nH]cc2nc3nccc3cc21. The van der Waals surface area contributed by atoms with E-state index in [9.17, 15) is 0 Å². The predicted octanol–water partition coefficient (Wildman–Crippen LogP) is 7.98. The number of allylic oxidation sites excluding steroid dienone is 1. The van der Waals surface area contributed by atoms with E-state index in [0.29, 0.717) is 5.41 Å². The molecule has 2 aliphatic rings. The van der Waals surface area contributed by atoms with Crippen molar-refractivity contribution >= 4 is 51.0 Å². The van der Waals surface area contributed by atoms with Gasteiger partial charge in [0, 0.05) is 61.2 Å². The first-order valence-corrected chi connectivity index (χ1v) is 15.3. The number of piperazine rings is 1. The number of fused-ring (bicyclic) bond motifs is 2. The van der Waals surface area contributed by atoms with E-state index in [2.05, 4.69) is 81.4 Å². The van der Waals surface area contributed by atoms with Gasteiger partial charge in [0.15, 0.2) is 5.65 Å². The molecule has 6 nitrogen and oxygen atoms in total. The summed E-state index contributed by atoms with van der Waals surface area (Å²) in [5.41, 5.74) is 10.9. The molecule has 0 bridgehead atoms. The van der Waals surface area contributed by atoms with Crippen molar-refractivity contribution in [1.29, 1.82) is 0 Å². The Morgan fingerprint density at radius 2 is 1.83 bits per heavy atom. The van der Waals surface area contributed by atoms with Gasteiger partial charge >= 0.3 is 0 Å². The van der Waals surface area contributed by atoms with Crippen LogP contribution in [-0.2, 0) is 0 Å². The molecule has 1 fully saturated rings. The maximum Gasteiger partial charge on any atom is 0.160 e. The minimum absolute atomic E-state index is 0.330. The van der Waals surface area contributed by atoms with E-state index in [-0.39, 0.29) is 0 Å². The Morgan fingerprint density at radius 3 is 2.62 bits per heavy atom.